The van der Waals surface area contributed by atoms with Gasteiger partial charge in [0.1, 0.15) is 0 Å². The molecule has 0 unspecified atom stereocenters. The van der Waals surface area contributed by atoms with E-state index in [0.29, 0.717) is 13.0 Å². The Labute approximate surface area is 95.9 Å². The fourth-order valence-electron chi connectivity index (χ4n) is 0.475. The minimum Gasteiger partial charge on any atom is -1.00 e. The molecule has 0 aromatic heterocycles. The van der Waals surface area contributed by atoms with Gasteiger partial charge in [-0.15, -0.1) is 0 Å². The number of hydrogen-bond donors (Lipinski definition) is 0. The SMILES string of the molecule is O=C1CCCO1.[H-].[H-].[Na+].[Na+]. The van der Waals surface area contributed by atoms with Crippen LogP contribution in [0.25, 0.3) is 0 Å². The Morgan fingerprint density at radius 3 is 2.25 bits per heavy atom. The summed E-state index contributed by atoms with van der Waals surface area (Å²) in [6, 6.07) is 0. The van der Waals surface area contributed by atoms with Crippen LogP contribution < -0.4 is 59.1 Å². The van der Waals surface area contributed by atoms with E-state index in [1.54, 1.807) is 0 Å². The zero-order chi connectivity index (χ0) is 4.41. The van der Waals surface area contributed by atoms with Crippen LogP contribution in [0.15, 0.2) is 0 Å². The van der Waals surface area contributed by atoms with Crippen molar-refractivity contribution in [3.05, 3.63) is 0 Å². The van der Waals surface area contributed by atoms with Crippen molar-refractivity contribution in [2.75, 3.05) is 6.61 Å². The first-order valence-electron chi connectivity index (χ1n) is 2.05. The summed E-state index contributed by atoms with van der Waals surface area (Å²) in [5.41, 5.74) is 0. The van der Waals surface area contributed by atoms with Crippen molar-refractivity contribution in [2.24, 2.45) is 0 Å². The van der Waals surface area contributed by atoms with E-state index in [9.17, 15) is 4.79 Å². The van der Waals surface area contributed by atoms with Gasteiger partial charge in [0.15, 0.2) is 0 Å². The van der Waals surface area contributed by atoms with Crippen LogP contribution in [0.5, 0.6) is 0 Å². The number of hydrogen-bond acceptors (Lipinski definition) is 2. The average molecular weight is 134 g/mol. The summed E-state index contributed by atoms with van der Waals surface area (Å²) < 4.78 is 4.51. The molecule has 4 heteroatoms. The molecular weight excluding hydrogens is 126 g/mol. The largest absolute Gasteiger partial charge is 1.00 e. The number of rotatable bonds is 0. The van der Waals surface area contributed by atoms with Crippen molar-refractivity contribution in [3.63, 3.8) is 0 Å². The molecule has 1 heterocycles. The van der Waals surface area contributed by atoms with E-state index in [2.05, 4.69) is 4.74 Å². The predicted octanol–water partition coefficient (Wildman–Crippen LogP) is -5.44. The molecule has 1 aliphatic heterocycles. The van der Waals surface area contributed by atoms with Gasteiger partial charge in [-0.25, -0.2) is 0 Å². The molecule has 0 aromatic carbocycles. The minimum absolute atomic E-state index is 0. The van der Waals surface area contributed by atoms with Gasteiger partial charge >= 0.3 is 65.1 Å². The summed E-state index contributed by atoms with van der Waals surface area (Å²) in [5.74, 6) is -0.0463. The second-order valence-corrected chi connectivity index (χ2v) is 1.32. The van der Waals surface area contributed by atoms with Crippen LogP contribution in [0, 0.1) is 0 Å². The number of carbonyl (C=O) groups excluding carboxylic acids is 1. The van der Waals surface area contributed by atoms with E-state index in [1.165, 1.54) is 0 Å². The van der Waals surface area contributed by atoms with Gasteiger partial charge in [0.2, 0.25) is 0 Å². The van der Waals surface area contributed by atoms with E-state index in [-0.39, 0.29) is 67.9 Å². The summed E-state index contributed by atoms with van der Waals surface area (Å²) in [5, 5.41) is 0. The zero-order valence-electron chi connectivity index (χ0n) is 7.44. The zero-order valence-corrected chi connectivity index (χ0v) is 9.44. The van der Waals surface area contributed by atoms with Gasteiger partial charge < -0.3 is 7.59 Å². The maximum Gasteiger partial charge on any atom is 1.00 e. The smallest absolute Gasteiger partial charge is 1.00 e. The Bertz CT molecular complexity index is 73.7. The molecule has 0 aliphatic carbocycles. The fraction of sp³-hybridized carbons (Fsp3) is 0.750. The molecule has 0 amide bonds. The predicted molar refractivity (Wildman–Crippen MR) is 22.4 cm³/mol. The van der Waals surface area contributed by atoms with E-state index >= 15 is 0 Å². The minimum atomic E-state index is -0.0463. The molecule has 0 radical (unpaired) electrons. The Kier molecular flexibility index (Phi) is 10.0. The van der Waals surface area contributed by atoms with Crippen LogP contribution in [0.2, 0.25) is 0 Å². The molecule has 0 spiro atoms. The first-order chi connectivity index (χ1) is 2.89. The summed E-state index contributed by atoms with van der Waals surface area (Å²) in [4.78, 5) is 10.0. The Balaban J connectivity index is -0.0000000450. The standard InChI is InChI=1S/C4H6O2.2Na.2H/c5-4-2-1-3-6-4;;;;/h1-3H2;;;;/q;2*+1;2*-1. The van der Waals surface area contributed by atoms with Crippen LogP contribution in [0.4, 0.5) is 0 Å². The van der Waals surface area contributed by atoms with Crippen LogP contribution in [-0.2, 0) is 9.53 Å². The summed E-state index contributed by atoms with van der Waals surface area (Å²) in [6.07, 6.45) is 1.54. The summed E-state index contributed by atoms with van der Waals surface area (Å²) in [7, 11) is 0. The molecule has 0 bridgehead atoms. The first-order valence-corrected chi connectivity index (χ1v) is 2.05. The maximum atomic E-state index is 10.0. The van der Waals surface area contributed by atoms with E-state index in [0.717, 1.165) is 6.42 Å². The molecule has 0 aromatic rings. The van der Waals surface area contributed by atoms with Crippen molar-refractivity contribution < 1.29 is 71.5 Å². The van der Waals surface area contributed by atoms with Gasteiger partial charge in [-0.05, 0) is 6.42 Å². The van der Waals surface area contributed by atoms with Crippen molar-refractivity contribution in [1.29, 1.82) is 0 Å². The van der Waals surface area contributed by atoms with Gasteiger partial charge in [0.05, 0.1) is 6.61 Å². The molecule has 8 heavy (non-hydrogen) atoms. The van der Waals surface area contributed by atoms with Gasteiger partial charge in [-0.1, -0.05) is 0 Å². The van der Waals surface area contributed by atoms with Crippen LogP contribution >= 0.6 is 0 Å². The van der Waals surface area contributed by atoms with Gasteiger partial charge in [0, 0.05) is 6.42 Å². The molecule has 1 saturated heterocycles. The third kappa shape index (κ3) is 4.36. The Hall–Kier alpha value is 1.47. The van der Waals surface area contributed by atoms with Crippen molar-refractivity contribution in [1.82, 2.24) is 0 Å². The summed E-state index contributed by atoms with van der Waals surface area (Å²) >= 11 is 0. The van der Waals surface area contributed by atoms with Crippen molar-refractivity contribution >= 4 is 5.97 Å². The Morgan fingerprint density at radius 2 is 2.12 bits per heavy atom. The molecule has 38 valence electrons. The molecule has 0 N–H and O–H groups in total. The van der Waals surface area contributed by atoms with E-state index in [1.807, 2.05) is 0 Å². The monoisotopic (exact) mass is 134 g/mol. The molecule has 2 nitrogen and oxygen atoms in total. The quantitative estimate of drug-likeness (QED) is 0.244. The molecule has 1 aliphatic rings. The van der Waals surface area contributed by atoms with Gasteiger partial charge in [-0.2, -0.15) is 0 Å². The maximum absolute atomic E-state index is 10.0. The normalized spacial score (nSPS) is 15.8. The average Bonchev–Trinajstić information content (AvgIpc) is 1.86. The number of esters is 1. The fourth-order valence-corrected chi connectivity index (χ4v) is 0.475. The van der Waals surface area contributed by atoms with E-state index in [4.69, 9.17) is 0 Å². The number of ether oxygens (including phenoxy) is 1. The Morgan fingerprint density at radius 1 is 1.50 bits per heavy atom. The molecule has 1 fully saturated rings. The molecule has 0 saturated carbocycles. The molecule has 1 rings (SSSR count). The van der Waals surface area contributed by atoms with Crippen LogP contribution in [-0.4, -0.2) is 12.6 Å². The molecular formula is C4H8Na2O2. The topological polar surface area (TPSA) is 26.3 Å². The van der Waals surface area contributed by atoms with Crippen molar-refractivity contribution in [2.45, 2.75) is 12.8 Å². The number of carbonyl (C=O) groups is 1. The number of cyclic esters (lactones) is 1. The first kappa shape index (κ1) is 12.2. The third-order valence-electron chi connectivity index (χ3n) is 0.788. The second kappa shape index (κ2) is 6.59. The summed E-state index contributed by atoms with van der Waals surface area (Å²) in [6.45, 7) is 0.638. The third-order valence-corrected chi connectivity index (χ3v) is 0.788. The van der Waals surface area contributed by atoms with Gasteiger partial charge in [0.25, 0.3) is 0 Å². The van der Waals surface area contributed by atoms with Crippen molar-refractivity contribution in [3.8, 4) is 0 Å². The van der Waals surface area contributed by atoms with Crippen LogP contribution in [0.3, 0.4) is 0 Å². The van der Waals surface area contributed by atoms with E-state index < -0.39 is 0 Å². The van der Waals surface area contributed by atoms with Gasteiger partial charge in [-0.3, -0.25) is 4.79 Å². The second-order valence-electron chi connectivity index (χ2n) is 1.32. The van der Waals surface area contributed by atoms with Crippen LogP contribution in [0.1, 0.15) is 15.7 Å². The molecule has 0 atom stereocenters.